The Balaban J connectivity index is 2.02. The minimum Gasteiger partial charge on any atom is -0.0810 e. The Labute approximate surface area is 59.9 Å². The van der Waals surface area contributed by atoms with Crippen LogP contribution in [-0.4, -0.2) is 14.6 Å². The van der Waals surface area contributed by atoms with E-state index in [4.69, 9.17) is 0 Å². The molecule has 0 aliphatic carbocycles. The lowest BCUT2D eigenvalue weighted by atomic mass is 9.66. The Kier molecular flexibility index (Phi) is 3.99. The Morgan fingerprint density at radius 2 is 1.00 bits per heavy atom. The molecule has 2 heteroatoms. The molecule has 1 saturated heterocycles. The van der Waals surface area contributed by atoms with Crippen molar-refractivity contribution in [3.8, 4) is 0 Å². The van der Waals surface area contributed by atoms with Gasteiger partial charge in [-0.2, -0.15) is 0 Å². The largest absolute Gasteiger partial charge is 0.109 e. The molecular weight excluding hydrogens is 106 g/mol. The van der Waals surface area contributed by atoms with Crippen molar-refractivity contribution in [1.82, 2.24) is 0 Å². The van der Waals surface area contributed by atoms with Gasteiger partial charge in [0, 0.05) is 0 Å². The van der Waals surface area contributed by atoms with Crippen LogP contribution >= 0.6 is 0 Å². The fourth-order valence-corrected chi connectivity index (χ4v) is 1.27. The molecule has 0 bridgehead atoms. The second-order valence-electron chi connectivity index (χ2n) is 2.79. The smallest absolute Gasteiger partial charge is 0.0810 e. The summed E-state index contributed by atoms with van der Waals surface area (Å²) in [6.45, 7) is 0. The third-order valence-corrected chi connectivity index (χ3v) is 1.88. The fourth-order valence-electron chi connectivity index (χ4n) is 1.27. The number of hydrogen-bond donors (Lipinski definition) is 0. The highest BCUT2D eigenvalue weighted by Crippen LogP contribution is 2.09. The lowest BCUT2D eigenvalue weighted by Gasteiger charge is -1.92. The van der Waals surface area contributed by atoms with Gasteiger partial charge >= 0.3 is 0 Å². The maximum absolute atomic E-state index is 2.44. The van der Waals surface area contributed by atoms with E-state index in [9.17, 15) is 0 Å². The van der Waals surface area contributed by atoms with Crippen LogP contribution in [0.1, 0.15) is 19.3 Å². The molecule has 0 aromatic heterocycles. The van der Waals surface area contributed by atoms with Crippen LogP contribution in [0.2, 0.25) is 25.3 Å². The first-order valence-corrected chi connectivity index (χ1v) is 4.13. The van der Waals surface area contributed by atoms with Crippen LogP contribution in [0, 0.1) is 0 Å². The fraction of sp³-hybridized carbons (Fsp3) is 1.00. The van der Waals surface area contributed by atoms with Gasteiger partial charge < -0.3 is 0 Å². The van der Waals surface area contributed by atoms with Gasteiger partial charge in [0.2, 0.25) is 0 Å². The van der Waals surface area contributed by atoms with Crippen LogP contribution in [0.3, 0.4) is 0 Å². The van der Waals surface area contributed by atoms with Crippen molar-refractivity contribution in [2.45, 2.75) is 44.5 Å². The van der Waals surface area contributed by atoms with E-state index >= 15 is 0 Å². The average molecular weight is 120 g/mol. The van der Waals surface area contributed by atoms with Gasteiger partial charge in [-0.1, -0.05) is 44.5 Å². The van der Waals surface area contributed by atoms with Gasteiger partial charge in [-0.25, -0.2) is 0 Å². The van der Waals surface area contributed by atoms with Gasteiger partial charge in [-0.3, -0.25) is 0 Å². The molecule has 9 heavy (non-hydrogen) atoms. The lowest BCUT2D eigenvalue weighted by molar-refractivity contribution is 0.874. The predicted octanol–water partition coefficient (Wildman–Crippen LogP) is 2.25. The summed E-state index contributed by atoms with van der Waals surface area (Å²) in [4.78, 5) is 0. The standard InChI is InChI=1S/C7H14B2/c1-2-5-9-7-3-6-8-4-1/h1-7H2. The molecule has 0 atom stereocenters. The second-order valence-corrected chi connectivity index (χ2v) is 2.79. The second kappa shape index (κ2) is 4.96. The Morgan fingerprint density at radius 3 is 1.56 bits per heavy atom. The zero-order valence-corrected chi connectivity index (χ0v) is 6.10. The Bertz CT molecular complexity index is 35.4. The first kappa shape index (κ1) is 7.24. The van der Waals surface area contributed by atoms with Crippen molar-refractivity contribution >= 4 is 14.6 Å². The van der Waals surface area contributed by atoms with Crippen LogP contribution < -0.4 is 0 Å². The molecule has 0 spiro atoms. The molecule has 1 aliphatic rings. The molecular formula is C7H14B2. The van der Waals surface area contributed by atoms with Crippen LogP contribution in [0.5, 0.6) is 0 Å². The summed E-state index contributed by atoms with van der Waals surface area (Å²) in [5.74, 6) is 0. The van der Waals surface area contributed by atoms with Crippen molar-refractivity contribution in [2.24, 2.45) is 0 Å². The molecule has 1 aliphatic heterocycles. The molecule has 0 aromatic carbocycles. The van der Waals surface area contributed by atoms with E-state index in [0.29, 0.717) is 0 Å². The summed E-state index contributed by atoms with van der Waals surface area (Å²) < 4.78 is 0. The van der Waals surface area contributed by atoms with E-state index in [1.165, 1.54) is 44.5 Å². The summed E-state index contributed by atoms with van der Waals surface area (Å²) in [6, 6.07) is 0. The SMILES string of the molecule is [B]1CCC[B]CCCC1. The maximum Gasteiger partial charge on any atom is 0.109 e. The van der Waals surface area contributed by atoms with Gasteiger partial charge in [0.15, 0.2) is 0 Å². The molecule has 0 nitrogen and oxygen atoms in total. The maximum atomic E-state index is 2.44. The molecule has 1 heterocycles. The van der Waals surface area contributed by atoms with Crippen LogP contribution in [0.15, 0.2) is 0 Å². The quantitative estimate of drug-likeness (QED) is 0.430. The molecule has 2 radical (unpaired) electrons. The van der Waals surface area contributed by atoms with Gasteiger partial charge in [0.1, 0.15) is 14.6 Å². The van der Waals surface area contributed by atoms with Gasteiger partial charge in [0.05, 0.1) is 0 Å². The zero-order chi connectivity index (χ0) is 6.36. The average Bonchev–Trinajstić information content (AvgIpc) is 2.00. The van der Waals surface area contributed by atoms with Crippen molar-refractivity contribution in [3.05, 3.63) is 0 Å². The highest BCUT2D eigenvalue weighted by Gasteiger charge is 1.98. The number of hydrogen-bond acceptors (Lipinski definition) is 0. The van der Waals surface area contributed by atoms with E-state index in [1.807, 2.05) is 0 Å². The van der Waals surface area contributed by atoms with Crippen molar-refractivity contribution in [1.29, 1.82) is 0 Å². The van der Waals surface area contributed by atoms with Crippen molar-refractivity contribution in [3.63, 3.8) is 0 Å². The van der Waals surface area contributed by atoms with Gasteiger partial charge in [0.25, 0.3) is 0 Å². The molecule has 0 amide bonds. The van der Waals surface area contributed by atoms with E-state index in [0.717, 1.165) is 0 Å². The summed E-state index contributed by atoms with van der Waals surface area (Å²) in [5, 5.41) is 0. The Hall–Kier alpha value is 0.130. The minimum absolute atomic E-state index is 1.34. The van der Waals surface area contributed by atoms with Crippen LogP contribution in [0.25, 0.3) is 0 Å². The normalized spacial score (nSPS) is 22.2. The van der Waals surface area contributed by atoms with Gasteiger partial charge in [-0.05, 0) is 0 Å². The predicted molar refractivity (Wildman–Crippen MR) is 44.6 cm³/mol. The number of rotatable bonds is 0. The monoisotopic (exact) mass is 120 g/mol. The molecule has 0 aromatic rings. The van der Waals surface area contributed by atoms with Crippen molar-refractivity contribution < 1.29 is 0 Å². The molecule has 1 fully saturated rings. The topological polar surface area (TPSA) is 0 Å². The summed E-state index contributed by atoms with van der Waals surface area (Å²) >= 11 is 0. The molecule has 0 saturated carbocycles. The summed E-state index contributed by atoms with van der Waals surface area (Å²) in [7, 11) is 4.89. The molecule has 0 unspecified atom stereocenters. The molecule has 0 N–H and O–H groups in total. The third-order valence-electron chi connectivity index (χ3n) is 1.88. The zero-order valence-electron chi connectivity index (χ0n) is 6.10. The van der Waals surface area contributed by atoms with E-state index in [1.54, 1.807) is 0 Å². The Morgan fingerprint density at radius 1 is 0.556 bits per heavy atom. The van der Waals surface area contributed by atoms with Crippen molar-refractivity contribution in [2.75, 3.05) is 0 Å². The molecule has 48 valence electrons. The summed E-state index contributed by atoms with van der Waals surface area (Å²) in [5.41, 5.74) is 0. The van der Waals surface area contributed by atoms with Crippen LogP contribution in [0.4, 0.5) is 0 Å². The lowest BCUT2D eigenvalue weighted by Crippen LogP contribution is -1.87. The first-order valence-electron chi connectivity index (χ1n) is 4.13. The van der Waals surface area contributed by atoms with E-state index in [-0.39, 0.29) is 0 Å². The highest BCUT2D eigenvalue weighted by atomic mass is 13.8. The first-order chi connectivity index (χ1) is 4.50. The highest BCUT2D eigenvalue weighted by molar-refractivity contribution is 6.37. The third kappa shape index (κ3) is 3.66. The van der Waals surface area contributed by atoms with E-state index < -0.39 is 0 Å². The summed E-state index contributed by atoms with van der Waals surface area (Å²) in [6.07, 6.45) is 9.61. The minimum atomic E-state index is 1.34. The molecule has 1 rings (SSSR count). The van der Waals surface area contributed by atoms with E-state index in [2.05, 4.69) is 14.6 Å². The van der Waals surface area contributed by atoms with Gasteiger partial charge in [-0.15, -0.1) is 0 Å². The van der Waals surface area contributed by atoms with Crippen LogP contribution in [-0.2, 0) is 0 Å².